The summed E-state index contributed by atoms with van der Waals surface area (Å²) in [5.41, 5.74) is 4.55. The zero-order chi connectivity index (χ0) is 11.3. The van der Waals surface area contributed by atoms with Crippen molar-refractivity contribution < 1.29 is 19.4 Å². The maximum Gasteiger partial charge on any atom is 0.311 e. The number of hydrogen-bond donors (Lipinski definition) is 1. The molecule has 0 bridgehead atoms. The van der Waals surface area contributed by atoms with Gasteiger partial charge in [-0.1, -0.05) is 31.0 Å². The Morgan fingerprint density at radius 3 is 1.93 bits per heavy atom. The van der Waals surface area contributed by atoms with Gasteiger partial charge in [-0.2, -0.15) is 0 Å². The molecule has 0 spiro atoms. The monoisotopic (exact) mass is 253 g/mol. The Kier molecular flexibility index (Phi) is 1.85. The van der Waals surface area contributed by atoms with Crippen molar-refractivity contribution >= 4 is 27.5 Å². The first-order valence-corrected chi connectivity index (χ1v) is 5.52. The molecule has 0 atom stereocenters. The highest BCUT2D eigenvalue weighted by Crippen LogP contribution is 3.02. The summed E-state index contributed by atoms with van der Waals surface area (Å²) in [6.07, 6.45) is 0. The lowest BCUT2D eigenvalue weighted by molar-refractivity contribution is 0.364. The van der Waals surface area contributed by atoms with Crippen LogP contribution in [0.15, 0.2) is 23.1 Å². The minimum atomic E-state index is -9.72. The van der Waals surface area contributed by atoms with Gasteiger partial charge in [0, 0.05) is 5.69 Å². The second kappa shape index (κ2) is 2.27. The fourth-order valence-electron chi connectivity index (χ4n) is 0.816. The second-order valence-electron chi connectivity index (χ2n) is 2.66. The lowest BCUT2D eigenvalue weighted by Crippen LogP contribution is -2.07. The summed E-state index contributed by atoms with van der Waals surface area (Å²) >= 11 is 5.03. The van der Waals surface area contributed by atoms with Gasteiger partial charge < -0.3 is 5.73 Å². The number of rotatable bonds is 1. The standard InChI is InChI=1S/C6H5ClF5NS/c7-5-2-1-4(13)3-6(5)14(8,9,10,11)12/h1-3H,13H2. The van der Waals surface area contributed by atoms with Crippen LogP contribution in [0.4, 0.5) is 25.1 Å². The third-order valence-corrected chi connectivity index (χ3v) is 2.98. The molecule has 0 fully saturated rings. The fraction of sp³-hybridized carbons (Fsp3) is 0. The molecule has 0 radical (unpaired) electrons. The van der Waals surface area contributed by atoms with Crippen LogP contribution in [-0.2, 0) is 0 Å². The number of anilines is 1. The Morgan fingerprint density at radius 1 is 1.07 bits per heavy atom. The molecule has 0 saturated heterocycles. The second-order valence-corrected chi connectivity index (χ2v) is 5.44. The van der Waals surface area contributed by atoms with Crippen LogP contribution in [0.1, 0.15) is 0 Å². The molecule has 0 aliphatic rings. The van der Waals surface area contributed by atoms with E-state index in [9.17, 15) is 19.4 Å². The number of hydrogen-bond acceptors (Lipinski definition) is 1. The van der Waals surface area contributed by atoms with E-state index < -0.39 is 25.8 Å². The van der Waals surface area contributed by atoms with Crippen molar-refractivity contribution in [1.82, 2.24) is 0 Å². The number of nitrogen functional groups attached to an aromatic ring is 1. The van der Waals surface area contributed by atoms with Gasteiger partial charge in [0.15, 0.2) is 0 Å². The van der Waals surface area contributed by atoms with Gasteiger partial charge in [-0.3, -0.25) is 0 Å². The normalized spacial score (nSPS) is 17.3. The van der Waals surface area contributed by atoms with Crippen LogP contribution in [0.5, 0.6) is 0 Å². The summed E-state index contributed by atoms with van der Waals surface area (Å²) in [7, 11) is -9.72. The highest BCUT2D eigenvalue weighted by atomic mass is 35.5. The molecule has 0 unspecified atom stereocenters. The van der Waals surface area contributed by atoms with Crippen molar-refractivity contribution in [3.05, 3.63) is 23.2 Å². The predicted molar refractivity (Wildman–Crippen MR) is 47.3 cm³/mol. The summed E-state index contributed by atoms with van der Waals surface area (Å²) < 4.78 is 61.2. The molecule has 14 heavy (non-hydrogen) atoms. The third kappa shape index (κ3) is 2.42. The molecule has 1 aromatic rings. The van der Waals surface area contributed by atoms with E-state index in [-0.39, 0.29) is 6.07 Å². The van der Waals surface area contributed by atoms with Gasteiger partial charge >= 0.3 is 10.2 Å². The molecule has 1 aromatic carbocycles. The van der Waals surface area contributed by atoms with E-state index in [2.05, 4.69) is 0 Å². The topological polar surface area (TPSA) is 26.0 Å². The summed E-state index contributed by atoms with van der Waals surface area (Å²) in [6.45, 7) is 0. The first-order valence-electron chi connectivity index (χ1n) is 3.19. The van der Waals surface area contributed by atoms with Gasteiger partial charge in [-0.15, -0.1) is 0 Å². The van der Waals surface area contributed by atoms with Gasteiger partial charge in [0.2, 0.25) is 0 Å². The molecule has 8 heteroatoms. The number of nitrogens with two attached hydrogens (primary N) is 1. The zero-order valence-electron chi connectivity index (χ0n) is 6.49. The van der Waals surface area contributed by atoms with Gasteiger partial charge in [0.1, 0.15) is 4.90 Å². The zero-order valence-corrected chi connectivity index (χ0v) is 8.06. The molecule has 1 nitrogen and oxygen atoms in total. The Balaban J connectivity index is 3.57. The van der Waals surface area contributed by atoms with E-state index in [0.717, 1.165) is 6.07 Å². The number of halogens is 6. The first kappa shape index (κ1) is 11.4. The molecule has 0 saturated carbocycles. The van der Waals surface area contributed by atoms with Crippen LogP contribution in [0.2, 0.25) is 5.02 Å². The highest BCUT2D eigenvalue weighted by Gasteiger charge is 2.66. The highest BCUT2D eigenvalue weighted by molar-refractivity contribution is 8.45. The van der Waals surface area contributed by atoms with Crippen LogP contribution >= 0.6 is 21.8 Å². The fourth-order valence-corrected chi connectivity index (χ4v) is 2.17. The smallest absolute Gasteiger partial charge is 0.311 e. The van der Waals surface area contributed by atoms with E-state index in [4.69, 9.17) is 17.3 Å². The van der Waals surface area contributed by atoms with Crippen LogP contribution in [0.3, 0.4) is 0 Å². The molecular formula is C6H5ClF5NS. The first-order chi connectivity index (χ1) is 5.90. The van der Waals surface area contributed by atoms with E-state index in [1.165, 1.54) is 0 Å². The predicted octanol–water partition coefficient (Wildman–Crippen LogP) is 4.58. The van der Waals surface area contributed by atoms with E-state index in [1.54, 1.807) is 0 Å². The molecule has 0 amide bonds. The van der Waals surface area contributed by atoms with Crippen molar-refractivity contribution in [1.29, 1.82) is 0 Å². The molecule has 0 heterocycles. The molecule has 2 N–H and O–H groups in total. The minimum absolute atomic E-state index is 0.129. The van der Waals surface area contributed by atoms with Crippen molar-refractivity contribution in [2.75, 3.05) is 5.73 Å². The Bertz CT molecular complexity index is 386. The van der Waals surface area contributed by atoms with Crippen molar-refractivity contribution in [2.24, 2.45) is 0 Å². The quantitative estimate of drug-likeness (QED) is 0.575. The van der Waals surface area contributed by atoms with Crippen LogP contribution in [0, 0.1) is 0 Å². The SMILES string of the molecule is Nc1ccc(Cl)c(S(F)(F)(F)(F)F)c1. The molecule has 0 aliphatic carbocycles. The Morgan fingerprint density at radius 2 is 1.57 bits per heavy atom. The molecule has 0 aromatic heterocycles. The van der Waals surface area contributed by atoms with Gasteiger partial charge in [-0.05, 0) is 18.2 Å². The summed E-state index contributed by atoms with van der Waals surface area (Å²) in [5.74, 6) is 0. The van der Waals surface area contributed by atoms with E-state index >= 15 is 0 Å². The average Bonchev–Trinajstić information content (AvgIpc) is 1.89. The van der Waals surface area contributed by atoms with Crippen molar-refractivity contribution in [3.8, 4) is 0 Å². The molecular weight excluding hydrogens is 249 g/mol. The summed E-state index contributed by atoms with van der Waals surface area (Å²) in [5, 5.41) is -1.06. The average molecular weight is 254 g/mol. The van der Waals surface area contributed by atoms with Gasteiger partial charge in [-0.25, -0.2) is 0 Å². The van der Waals surface area contributed by atoms with Crippen molar-refractivity contribution in [2.45, 2.75) is 4.90 Å². The molecule has 82 valence electrons. The summed E-state index contributed by atoms with van der Waals surface area (Å²) in [6, 6.07) is 1.82. The maximum absolute atomic E-state index is 12.2. The van der Waals surface area contributed by atoms with Gasteiger partial charge in [0.25, 0.3) is 0 Å². The number of benzene rings is 1. The Labute approximate surface area is 81.4 Å². The van der Waals surface area contributed by atoms with Crippen LogP contribution < -0.4 is 5.73 Å². The lowest BCUT2D eigenvalue weighted by Gasteiger charge is -2.41. The largest absolute Gasteiger partial charge is 0.399 e. The van der Waals surface area contributed by atoms with E-state index in [0.29, 0.717) is 6.07 Å². The lowest BCUT2D eigenvalue weighted by atomic mass is 10.3. The summed E-state index contributed by atoms with van der Waals surface area (Å²) in [4.78, 5) is -2.15. The molecule has 1 rings (SSSR count). The van der Waals surface area contributed by atoms with Crippen LogP contribution in [-0.4, -0.2) is 0 Å². The van der Waals surface area contributed by atoms with Gasteiger partial charge in [0.05, 0.1) is 5.02 Å². The molecule has 0 aliphatic heterocycles. The minimum Gasteiger partial charge on any atom is -0.399 e. The maximum atomic E-state index is 12.2. The third-order valence-electron chi connectivity index (χ3n) is 1.37. The van der Waals surface area contributed by atoms with Crippen LogP contribution in [0.25, 0.3) is 0 Å². The van der Waals surface area contributed by atoms with Crippen molar-refractivity contribution in [3.63, 3.8) is 0 Å². The Hall–Kier alpha value is -0.690. The van der Waals surface area contributed by atoms with E-state index in [1.807, 2.05) is 0 Å².